The van der Waals surface area contributed by atoms with Gasteiger partial charge in [0.2, 0.25) is 0 Å². The Kier molecular flexibility index (Phi) is 11.9. The summed E-state index contributed by atoms with van der Waals surface area (Å²) in [6.07, 6.45) is -9.16. The minimum Gasteiger partial charge on any atom is -0.462 e. The van der Waals surface area contributed by atoms with Crippen molar-refractivity contribution >= 4 is 47.4 Å². The first kappa shape index (κ1) is 40.5. The van der Waals surface area contributed by atoms with Crippen LogP contribution in [-0.4, -0.2) is 101 Å². The number of alkyl halides is 1. The van der Waals surface area contributed by atoms with Gasteiger partial charge in [-0.1, -0.05) is 46.8 Å². The smallest absolute Gasteiger partial charge is 0.312 e. The third-order valence-electron chi connectivity index (χ3n) is 10.5. The second-order valence-electron chi connectivity index (χ2n) is 15.4. The molecule has 4 aliphatic rings. The molecule has 286 valence electrons. The summed E-state index contributed by atoms with van der Waals surface area (Å²) < 4.78 is 42.3. The number of aliphatic hydroxyl groups is 1. The molecule has 1 N–H and O–H groups in total. The maximum Gasteiger partial charge on any atom is 0.312 e. The van der Waals surface area contributed by atoms with Gasteiger partial charge in [-0.3, -0.25) is 28.8 Å². The average Bonchev–Trinajstić information content (AvgIpc) is 3.74. The molecule has 51 heavy (non-hydrogen) atoms. The fourth-order valence-electron chi connectivity index (χ4n) is 8.22. The molecule has 4 rings (SSSR count). The molecule has 1 spiro atoms. The lowest BCUT2D eigenvalue weighted by Gasteiger charge is -2.60. The summed E-state index contributed by atoms with van der Waals surface area (Å²) in [7, 11) is 0. The van der Waals surface area contributed by atoms with Crippen LogP contribution in [0.5, 0.6) is 0 Å². The summed E-state index contributed by atoms with van der Waals surface area (Å²) in [6, 6.07) is 0. The van der Waals surface area contributed by atoms with Crippen LogP contribution in [0.1, 0.15) is 88.0 Å². The van der Waals surface area contributed by atoms with Crippen LogP contribution in [-0.2, 0) is 61.9 Å². The summed E-state index contributed by atoms with van der Waals surface area (Å²) in [5, 5.41) is 11.7. The zero-order chi connectivity index (χ0) is 38.4. The molecule has 0 aromatic rings. The fraction of sp³-hybridized carbons (Fsp3) is 0.778. The molecule has 0 unspecified atom stereocenters. The van der Waals surface area contributed by atoms with E-state index in [1.807, 2.05) is 0 Å². The van der Waals surface area contributed by atoms with Crippen LogP contribution >= 0.6 is 11.6 Å². The Morgan fingerprint density at radius 1 is 0.882 bits per heavy atom. The van der Waals surface area contributed by atoms with E-state index in [0.717, 1.165) is 13.8 Å². The van der Waals surface area contributed by atoms with Crippen molar-refractivity contribution in [1.82, 2.24) is 0 Å². The third kappa shape index (κ3) is 7.64. The van der Waals surface area contributed by atoms with Crippen molar-refractivity contribution < 1.29 is 67.0 Å². The first-order chi connectivity index (χ1) is 23.6. The van der Waals surface area contributed by atoms with Gasteiger partial charge in [0.25, 0.3) is 0 Å². The number of rotatable bonds is 9. The summed E-state index contributed by atoms with van der Waals surface area (Å²) in [5.41, 5.74) is -5.57. The first-order valence-corrected chi connectivity index (χ1v) is 17.8. The van der Waals surface area contributed by atoms with Gasteiger partial charge < -0.3 is 38.3 Å². The van der Waals surface area contributed by atoms with E-state index >= 15 is 0 Å². The molecule has 2 saturated carbocycles. The number of hydrogen-bond acceptors (Lipinski definition) is 14. The van der Waals surface area contributed by atoms with Crippen LogP contribution in [0.4, 0.5) is 0 Å². The molecule has 0 aromatic heterocycles. The molecule has 2 aliphatic heterocycles. The van der Waals surface area contributed by atoms with E-state index in [1.165, 1.54) is 13.8 Å². The van der Waals surface area contributed by atoms with Crippen LogP contribution in [0.2, 0.25) is 0 Å². The normalized spacial score (nSPS) is 39.0. The molecule has 2 heterocycles. The van der Waals surface area contributed by atoms with E-state index < -0.39 is 106 Å². The van der Waals surface area contributed by atoms with Crippen molar-refractivity contribution in [3.8, 4) is 0 Å². The fourth-order valence-corrected chi connectivity index (χ4v) is 8.58. The highest BCUT2D eigenvalue weighted by Gasteiger charge is 2.81. The highest BCUT2D eigenvalue weighted by molar-refractivity contribution is 6.23. The quantitative estimate of drug-likeness (QED) is 0.119. The van der Waals surface area contributed by atoms with E-state index in [4.69, 9.17) is 44.8 Å². The molecule has 0 amide bonds. The lowest BCUT2D eigenvalue weighted by atomic mass is 9.51. The van der Waals surface area contributed by atoms with E-state index in [2.05, 4.69) is 6.58 Å². The summed E-state index contributed by atoms with van der Waals surface area (Å²) in [4.78, 5) is 79.3. The Hall–Kier alpha value is -3.23. The Balaban J connectivity index is 2.13. The van der Waals surface area contributed by atoms with Crippen molar-refractivity contribution in [2.45, 2.75) is 141 Å². The molecule has 4 fully saturated rings. The maximum atomic E-state index is 13.5. The van der Waals surface area contributed by atoms with Gasteiger partial charge in [0.15, 0.2) is 30.0 Å². The molecular formula is C36H51ClO14. The number of esters is 6. The van der Waals surface area contributed by atoms with Crippen LogP contribution in [0.3, 0.4) is 0 Å². The zero-order valence-corrected chi connectivity index (χ0v) is 31.5. The third-order valence-corrected chi connectivity index (χ3v) is 11.1. The molecule has 0 radical (unpaired) electrons. The van der Waals surface area contributed by atoms with Gasteiger partial charge in [-0.2, -0.15) is 0 Å². The van der Waals surface area contributed by atoms with Gasteiger partial charge in [-0.05, 0) is 31.6 Å². The summed E-state index contributed by atoms with van der Waals surface area (Å²) in [6.45, 7) is 17.5. The van der Waals surface area contributed by atoms with E-state index in [-0.39, 0.29) is 44.1 Å². The van der Waals surface area contributed by atoms with Crippen molar-refractivity contribution in [3.05, 3.63) is 12.2 Å². The molecule has 12 atom stereocenters. The lowest BCUT2D eigenvalue weighted by molar-refractivity contribution is -0.286. The number of fused-ring (bicyclic) bond motifs is 3. The van der Waals surface area contributed by atoms with Gasteiger partial charge in [-0.25, -0.2) is 0 Å². The Morgan fingerprint density at radius 3 is 1.88 bits per heavy atom. The molecule has 0 aromatic carbocycles. The number of epoxide rings is 1. The van der Waals surface area contributed by atoms with Gasteiger partial charge in [0.05, 0.1) is 23.3 Å². The Labute approximate surface area is 303 Å². The molecule has 2 saturated heterocycles. The van der Waals surface area contributed by atoms with Crippen molar-refractivity contribution in [2.75, 3.05) is 6.61 Å². The van der Waals surface area contributed by atoms with Gasteiger partial charge in [0, 0.05) is 39.5 Å². The highest BCUT2D eigenvalue weighted by atomic mass is 35.5. The predicted octanol–water partition coefficient (Wildman–Crippen LogP) is 3.35. The topological polar surface area (TPSA) is 191 Å². The summed E-state index contributed by atoms with van der Waals surface area (Å²) in [5.74, 6) is -7.73. The van der Waals surface area contributed by atoms with Crippen LogP contribution in [0.25, 0.3) is 0 Å². The minimum atomic E-state index is -2.39. The predicted molar refractivity (Wildman–Crippen MR) is 178 cm³/mol. The molecule has 15 heteroatoms. The highest BCUT2D eigenvalue weighted by Crippen LogP contribution is 2.64. The zero-order valence-electron chi connectivity index (χ0n) is 30.7. The molecule has 2 aliphatic carbocycles. The SMILES string of the molecule is C=C1CC[C@H](OC(C)=O)[C@@]2(C)[C@@H](OC(C)=O)[C@@H](OC(=O)CC(C)C)[C@@H](OC(=O)CC(C)C)[C@]3(CO3)[C@@H]2[C@H](OC(C)=O)[C@@]2(O)[C@@H](C)C(=O)O[C@H]2[C@H]1Cl. The average molecular weight is 743 g/mol. The largest absolute Gasteiger partial charge is 0.462 e. The van der Waals surface area contributed by atoms with E-state index in [1.54, 1.807) is 34.6 Å². The standard InChI is InChI=1S/C36H51ClO14/c1-16(2)13-24(41)49-27-30(47-21(8)39)34(10)23(46-20(7)38)12-11-18(5)26(37)29-36(44,19(6)33(43)51-29)32(48-22(9)40)28(34)35(15-45-35)31(27)50-25(42)14-17(3)4/h16-17,19,23,26-32,44H,5,11-15H2,1-4,6-10H3/t19-,23-,26-,27+,28+,29-,30-,31+,32-,34+,35-,36+/m0/s1. The monoisotopic (exact) mass is 742 g/mol. The Bertz CT molecular complexity index is 1420. The number of halogens is 1. The van der Waals surface area contributed by atoms with Gasteiger partial charge >= 0.3 is 35.8 Å². The van der Waals surface area contributed by atoms with E-state index in [9.17, 15) is 33.9 Å². The number of hydrogen-bond donors (Lipinski definition) is 1. The van der Waals surface area contributed by atoms with Gasteiger partial charge in [-0.15, -0.1) is 11.6 Å². The van der Waals surface area contributed by atoms with Gasteiger partial charge in [0.1, 0.15) is 17.8 Å². The first-order valence-electron chi connectivity index (χ1n) is 17.4. The van der Waals surface area contributed by atoms with Crippen LogP contribution < -0.4 is 0 Å². The molecule has 14 nitrogen and oxygen atoms in total. The van der Waals surface area contributed by atoms with Crippen molar-refractivity contribution in [1.29, 1.82) is 0 Å². The summed E-state index contributed by atoms with van der Waals surface area (Å²) >= 11 is 6.90. The second kappa shape index (κ2) is 15.0. The number of carbonyl (C=O) groups excluding carboxylic acids is 6. The second-order valence-corrected chi connectivity index (χ2v) is 15.8. The lowest BCUT2D eigenvalue weighted by Crippen LogP contribution is -2.76. The number of carbonyl (C=O) groups is 6. The van der Waals surface area contributed by atoms with Crippen LogP contribution in [0.15, 0.2) is 12.2 Å². The van der Waals surface area contributed by atoms with Crippen molar-refractivity contribution in [2.24, 2.45) is 29.1 Å². The molecule has 0 bridgehead atoms. The number of ether oxygens (including phenoxy) is 7. The van der Waals surface area contributed by atoms with Crippen LogP contribution in [0, 0.1) is 29.1 Å². The van der Waals surface area contributed by atoms with Crippen molar-refractivity contribution in [3.63, 3.8) is 0 Å². The Morgan fingerprint density at radius 2 is 1.39 bits per heavy atom. The van der Waals surface area contributed by atoms with E-state index in [0.29, 0.717) is 5.57 Å². The maximum absolute atomic E-state index is 13.5. The minimum absolute atomic E-state index is 0.00557. The molecular weight excluding hydrogens is 692 g/mol.